The van der Waals surface area contributed by atoms with Crippen molar-refractivity contribution in [1.82, 2.24) is 24.5 Å². The summed E-state index contributed by atoms with van der Waals surface area (Å²) < 4.78 is 41.9. The zero-order chi connectivity index (χ0) is 23.3. The van der Waals surface area contributed by atoms with Crippen molar-refractivity contribution in [3.8, 4) is 5.69 Å². The number of aryl methyl sites for hydroxylation is 2. The van der Waals surface area contributed by atoms with E-state index in [-0.39, 0.29) is 22.9 Å². The van der Waals surface area contributed by atoms with Gasteiger partial charge in [-0.1, -0.05) is 26.0 Å². The first-order valence-corrected chi connectivity index (χ1v) is 11.6. The van der Waals surface area contributed by atoms with E-state index in [1.807, 2.05) is 0 Å². The molecule has 0 saturated carbocycles. The molecule has 170 valence electrons. The maximum atomic E-state index is 14.2. The van der Waals surface area contributed by atoms with Crippen LogP contribution in [-0.2, 0) is 21.2 Å². The van der Waals surface area contributed by atoms with Gasteiger partial charge in [0.25, 0.3) is 0 Å². The van der Waals surface area contributed by atoms with Gasteiger partial charge < -0.3 is 5.32 Å². The average molecular weight is 461 g/mol. The Kier molecular flexibility index (Phi) is 7.31. The first kappa shape index (κ1) is 23.5. The fraction of sp³-hybridized carbons (Fsp3) is 0.333. The number of tetrazole rings is 1. The van der Waals surface area contributed by atoms with Crippen molar-refractivity contribution >= 4 is 21.6 Å². The molecule has 1 amide bonds. The molecule has 9 nitrogen and oxygen atoms in total. The van der Waals surface area contributed by atoms with E-state index in [0.29, 0.717) is 31.0 Å². The topological polar surface area (TPSA) is 110 Å². The van der Waals surface area contributed by atoms with Gasteiger partial charge in [0.15, 0.2) is 5.82 Å². The van der Waals surface area contributed by atoms with Crippen molar-refractivity contribution in [3.63, 3.8) is 0 Å². The molecule has 32 heavy (non-hydrogen) atoms. The Morgan fingerprint density at radius 1 is 1.12 bits per heavy atom. The summed E-state index contributed by atoms with van der Waals surface area (Å²) in [5.74, 6) is -0.354. The summed E-state index contributed by atoms with van der Waals surface area (Å²) in [6.07, 6.45) is 0.607. The lowest BCUT2D eigenvalue weighted by atomic mass is 10.1. The summed E-state index contributed by atoms with van der Waals surface area (Å²) in [5, 5.41) is 13.7. The minimum atomic E-state index is -3.51. The summed E-state index contributed by atoms with van der Waals surface area (Å²) in [6, 6.07) is 10.7. The molecule has 0 fully saturated rings. The number of carbonyl (C=O) groups is 1. The van der Waals surface area contributed by atoms with Gasteiger partial charge in [-0.3, -0.25) is 4.79 Å². The van der Waals surface area contributed by atoms with Crippen LogP contribution in [0.25, 0.3) is 5.69 Å². The molecule has 3 aromatic rings. The second kappa shape index (κ2) is 9.96. The lowest BCUT2D eigenvalue weighted by Crippen LogP contribution is -2.30. The van der Waals surface area contributed by atoms with Crippen LogP contribution in [0, 0.1) is 12.7 Å². The molecule has 0 aliphatic carbocycles. The van der Waals surface area contributed by atoms with E-state index >= 15 is 0 Å². The van der Waals surface area contributed by atoms with Crippen molar-refractivity contribution in [1.29, 1.82) is 0 Å². The number of sulfonamides is 1. The molecule has 0 radical (unpaired) electrons. The van der Waals surface area contributed by atoms with E-state index in [9.17, 15) is 17.6 Å². The Morgan fingerprint density at radius 3 is 2.41 bits per heavy atom. The number of benzene rings is 2. The normalized spacial score (nSPS) is 11.7. The Hall–Kier alpha value is -3.18. The molecule has 1 heterocycles. The van der Waals surface area contributed by atoms with E-state index in [1.165, 1.54) is 27.2 Å². The van der Waals surface area contributed by atoms with E-state index in [2.05, 4.69) is 20.8 Å². The molecule has 11 heteroatoms. The van der Waals surface area contributed by atoms with Crippen LogP contribution in [-0.4, -0.2) is 51.9 Å². The van der Waals surface area contributed by atoms with Crippen LogP contribution in [0.3, 0.4) is 0 Å². The number of hydrogen-bond acceptors (Lipinski definition) is 6. The Bertz CT molecular complexity index is 1190. The fourth-order valence-corrected chi connectivity index (χ4v) is 4.69. The Labute approximate surface area is 186 Å². The number of carbonyl (C=O) groups excluding carboxylic acids is 1. The SMILES string of the molecule is CCN(CC)S(=O)(=O)c1ccc(CCC(=O)Nc2ccc(F)c(-n3nnnc3C)c2)cc1. The van der Waals surface area contributed by atoms with Crippen molar-refractivity contribution < 1.29 is 17.6 Å². The monoisotopic (exact) mass is 460 g/mol. The molecule has 0 unspecified atom stereocenters. The first-order chi connectivity index (χ1) is 15.3. The maximum Gasteiger partial charge on any atom is 0.243 e. The molecule has 2 aromatic carbocycles. The number of amides is 1. The summed E-state index contributed by atoms with van der Waals surface area (Å²) in [7, 11) is -3.51. The van der Waals surface area contributed by atoms with Gasteiger partial charge in [-0.05, 0) is 59.7 Å². The van der Waals surface area contributed by atoms with Crippen molar-refractivity contribution in [2.75, 3.05) is 18.4 Å². The predicted molar refractivity (Wildman–Crippen MR) is 117 cm³/mol. The third-order valence-corrected chi connectivity index (χ3v) is 7.05. The van der Waals surface area contributed by atoms with Crippen LogP contribution >= 0.6 is 0 Å². The number of aromatic nitrogens is 4. The number of nitrogens with zero attached hydrogens (tertiary/aromatic N) is 5. The third kappa shape index (κ3) is 5.17. The maximum absolute atomic E-state index is 14.2. The van der Waals surface area contributed by atoms with Gasteiger partial charge >= 0.3 is 0 Å². The first-order valence-electron chi connectivity index (χ1n) is 10.2. The van der Waals surface area contributed by atoms with E-state index in [1.54, 1.807) is 45.0 Å². The van der Waals surface area contributed by atoms with Gasteiger partial charge in [0.1, 0.15) is 11.5 Å². The lowest BCUT2D eigenvalue weighted by Gasteiger charge is -2.18. The zero-order valence-corrected chi connectivity index (χ0v) is 18.9. The van der Waals surface area contributed by atoms with Gasteiger partial charge in [0.2, 0.25) is 15.9 Å². The summed E-state index contributed by atoms with van der Waals surface area (Å²) in [4.78, 5) is 12.6. The molecular weight excluding hydrogens is 435 g/mol. The second-order valence-corrected chi connectivity index (χ2v) is 9.02. The lowest BCUT2D eigenvalue weighted by molar-refractivity contribution is -0.116. The van der Waals surface area contributed by atoms with Crippen molar-refractivity contribution in [2.45, 2.75) is 38.5 Å². The highest BCUT2D eigenvalue weighted by Crippen LogP contribution is 2.20. The van der Waals surface area contributed by atoms with Crippen molar-refractivity contribution in [2.24, 2.45) is 0 Å². The van der Waals surface area contributed by atoms with E-state index in [0.717, 1.165) is 5.56 Å². The number of hydrogen-bond donors (Lipinski definition) is 1. The molecule has 3 rings (SSSR count). The zero-order valence-electron chi connectivity index (χ0n) is 18.1. The molecule has 0 atom stereocenters. The molecule has 0 spiro atoms. The average Bonchev–Trinajstić information content (AvgIpc) is 3.20. The van der Waals surface area contributed by atoms with Gasteiger partial charge in [0.05, 0.1) is 4.90 Å². The Balaban J connectivity index is 1.63. The molecular formula is C21H25FN6O3S. The highest BCUT2D eigenvalue weighted by molar-refractivity contribution is 7.89. The van der Waals surface area contributed by atoms with Crippen LogP contribution in [0.2, 0.25) is 0 Å². The largest absolute Gasteiger partial charge is 0.326 e. The van der Waals surface area contributed by atoms with Crippen LogP contribution in [0.1, 0.15) is 31.7 Å². The van der Waals surface area contributed by atoms with Crippen molar-refractivity contribution in [3.05, 3.63) is 59.7 Å². The molecule has 0 saturated heterocycles. The minimum Gasteiger partial charge on any atom is -0.326 e. The third-order valence-electron chi connectivity index (χ3n) is 4.99. The number of halogens is 1. The van der Waals surface area contributed by atoms with Crippen LogP contribution < -0.4 is 5.32 Å². The number of nitrogens with one attached hydrogen (secondary N) is 1. The fourth-order valence-electron chi connectivity index (χ4n) is 3.23. The Morgan fingerprint density at radius 2 is 1.81 bits per heavy atom. The molecule has 0 aliphatic heterocycles. The highest BCUT2D eigenvalue weighted by atomic mass is 32.2. The standard InChI is InChI=1S/C21H25FN6O3S/c1-4-27(5-2)32(30,31)18-10-6-16(7-11-18)8-13-21(29)23-17-9-12-19(22)20(14-17)28-15(3)24-25-26-28/h6-7,9-12,14H,4-5,8,13H2,1-3H3,(H,23,29). The van der Waals surface area contributed by atoms with E-state index < -0.39 is 15.8 Å². The number of rotatable bonds is 9. The molecule has 1 N–H and O–H groups in total. The van der Waals surface area contributed by atoms with Crippen LogP contribution in [0.5, 0.6) is 0 Å². The predicted octanol–water partition coefficient (Wildman–Crippen LogP) is 2.71. The van der Waals surface area contributed by atoms with E-state index in [4.69, 9.17) is 0 Å². The van der Waals surface area contributed by atoms with Gasteiger partial charge in [-0.2, -0.15) is 8.99 Å². The highest BCUT2D eigenvalue weighted by Gasteiger charge is 2.21. The summed E-state index contributed by atoms with van der Waals surface area (Å²) >= 11 is 0. The van der Waals surface area contributed by atoms with Gasteiger partial charge in [0, 0.05) is 25.2 Å². The molecule has 0 bridgehead atoms. The van der Waals surface area contributed by atoms with Crippen LogP contribution in [0.4, 0.5) is 10.1 Å². The second-order valence-electron chi connectivity index (χ2n) is 7.09. The van der Waals surface area contributed by atoms with Crippen LogP contribution in [0.15, 0.2) is 47.4 Å². The number of anilines is 1. The quantitative estimate of drug-likeness (QED) is 0.526. The smallest absolute Gasteiger partial charge is 0.243 e. The van der Waals surface area contributed by atoms with Gasteiger partial charge in [-0.25, -0.2) is 12.8 Å². The molecule has 0 aliphatic rings. The minimum absolute atomic E-state index is 0.135. The summed E-state index contributed by atoms with van der Waals surface area (Å²) in [6.45, 7) is 6.03. The molecule has 1 aromatic heterocycles. The summed E-state index contributed by atoms with van der Waals surface area (Å²) in [5.41, 5.74) is 1.39. The van der Waals surface area contributed by atoms with Gasteiger partial charge in [-0.15, -0.1) is 5.10 Å².